The lowest BCUT2D eigenvalue weighted by Crippen LogP contribution is -2.38. The van der Waals surface area contributed by atoms with Gasteiger partial charge in [-0.1, -0.05) is 35.5 Å². The molecule has 0 aliphatic heterocycles. The van der Waals surface area contributed by atoms with E-state index >= 15 is 0 Å². The smallest absolute Gasteiger partial charge is 0.271 e. The van der Waals surface area contributed by atoms with E-state index in [1.165, 1.54) is 0 Å². The van der Waals surface area contributed by atoms with Crippen molar-refractivity contribution in [3.05, 3.63) is 54.4 Å². The highest BCUT2D eigenvalue weighted by Crippen LogP contribution is 2.39. The van der Waals surface area contributed by atoms with E-state index in [9.17, 15) is 9.59 Å². The van der Waals surface area contributed by atoms with E-state index in [1.807, 2.05) is 44.2 Å². The molecule has 0 spiro atoms. The maximum atomic E-state index is 12.7. The summed E-state index contributed by atoms with van der Waals surface area (Å²) in [6.07, 6.45) is 4.24. The SMILES string of the molecule is CC(C)NC(=O)[C@H]1C[C@H](NC(=O)c2cn(C)cn2)[C@H](c2nc(-c3ccccc3)no2)C1. The third-order valence-corrected chi connectivity index (χ3v) is 5.41. The molecule has 0 saturated heterocycles. The Hall–Kier alpha value is -3.49. The first kappa shape index (κ1) is 20.8. The highest BCUT2D eigenvalue weighted by atomic mass is 16.5. The van der Waals surface area contributed by atoms with Crippen molar-refractivity contribution in [2.45, 2.75) is 44.7 Å². The predicted octanol–water partition coefficient (Wildman–Crippen LogP) is 2.29. The molecule has 162 valence electrons. The van der Waals surface area contributed by atoms with E-state index in [0.717, 1.165) is 5.56 Å². The second kappa shape index (κ2) is 8.71. The molecular weight excluding hydrogens is 396 g/mol. The van der Waals surface area contributed by atoms with Crippen molar-refractivity contribution in [2.75, 3.05) is 0 Å². The summed E-state index contributed by atoms with van der Waals surface area (Å²) >= 11 is 0. The number of hydrogen-bond acceptors (Lipinski definition) is 6. The summed E-state index contributed by atoms with van der Waals surface area (Å²) in [6.45, 7) is 3.85. The van der Waals surface area contributed by atoms with E-state index in [-0.39, 0.29) is 35.7 Å². The first-order valence-corrected chi connectivity index (χ1v) is 10.4. The summed E-state index contributed by atoms with van der Waals surface area (Å²) in [5.41, 5.74) is 1.17. The maximum Gasteiger partial charge on any atom is 0.271 e. The van der Waals surface area contributed by atoms with Crippen LogP contribution in [0, 0.1) is 5.92 Å². The molecule has 0 radical (unpaired) electrons. The van der Waals surface area contributed by atoms with Crippen LogP contribution >= 0.6 is 0 Å². The minimum Gasteiger partial charge on any atom is -0.354 e. The quantitative estimate of drug-likeness (QED) is 0.630. The lowest BCUT2D eigenvalue weighted by molar-refractivity contribution is -0.125. The fraction of sp³-hybridized carbons (Fsp3) is 0.409. The van der Waals surface area contributed by atoms with Gasteiger partial charge in [-0.05, 0) is 26.7 Å². The molecule has 4 rings (SSSR count). The van der Waals surface area contributed by atoms with Crippen molar-refractivity contribution in [1.82, 2.24) is 30.3 Å². The number of hydrogen-bond donors (Lipinski definition) is 2. The van der Waals surface area contributed by atoms with Gasteiger partial charge in [0.2, 0.25) is 17.6 Å². The number of aromatic nitrogens is 4. The maximum absolute atomic E-state index is 12.7. The molecule has 1 saturated carbocycles. The van der Waals surface area contributed by atoms with E-state index in [4.69, 9.17) is 4.52 Å². The Balaban J connectivity index is 1.57. The van der Waals surface area contributed by atoms with Crippen molar-refractivity contribution >= 4 is 11.8 Å². The van der Waals surface area contributed by atoms with Crippen LogP contribution in [0.1, 0.15) is 49.0 Å². The molecular formula is C22H26N6O3. The van der Waals surface area contributed by atoms with E-state index < -0.39 is 0 Å². The van der Waals surface area contributed by atoms with Gasteiger partial charge >= 0.3 is 0 Å². The summed E-state index contributed by atoms with van der Waals surface area (Å²) in [7, 11) is 1.80. The van der Waals surface area contributed by atoms with E-state index in [0.29, 0.717) is 30.3 Å². The zero-order valence-electron chi connectivity index (χ0n) is 17.8. The van der Waals surface area contributed by atoms with Crippen LogP contribution in [0.4, 0.5) is 0 Å². The number of carbonyl (C=O) groups is 2. The van der Waals surface area contributed by atoms with Crippen LogP contribution in [-0.2, 0) is 11.8 Å². The van der Waals surface area contributed by atoms with Crippen LogP contribution in [0.5, 0.6) is 0 Å². The van der Waals surface area contributed by atoms with Crippen molar-refractivity contribution in [3.8, 4) is 11.4 Å². The first-order chi connectivity index (χ1) is 14.9. The highest BCUT2D eigenvalue weighted by Gasteiger charge is 2.42. The van der Waals surface area contributed by atoms with Gasteiger partial charge in [0.1, 0.15) is 5.69 Å². The monoisotopic (exact) mass is 422 g/mol. The number of amides is 2. The zero-order chi connectivity index (χ0) is 22.0. The Morgan fingerprint density at radius 2 is 1.97 bits per heavy atom. The molecule has 2 aromatic heterocycles. The van der Waals surface area contributed by atoms with E-state index in [1.54, 1.807) is 24.1 Å². The van der Waals surface area contributed by atoms with Gasteiger partial charge in [0.05, 0.1) is 12.2 Å². The Bertz CT molecular complexity index is 1060. The summed E-state index contributed by atoms with van der Waals surface area (Å²) in [5.74, 6) is 0.0697. The van der Waals surface area contributed by atoms with Crippen molar-refractivity contribution < 1.29 is 14.1 Å². The van der Waals surface area contributed by atoms with E-state index in [2.05, 4.69) is 25.8 Å². The van der Waals surface area contributed by atoms with Crippen LogP contribution in [0.3, 0.4) is 0 Å². The molecule has 2 heterocycles. The number of nitrogens with zero attached hydrogens (tertiary/aromatic N) is 4. The first-order valence-electron chi connectivity index (χ1n) is 10.4. The third kappa shape index (κ3) is 4.65. The summed E-state index contributed by atoms with van der Waals surface area (Å²) in [6, 6.07) is 9.27. The molecule has 3 atom stereocenters. The summed E-state index contributed by atoms with van der Waals surface area (Å²) in [5, 5.41) is 10.1. The molecule has 1 aliphatic carbocycles. The van der Waals surface area contributed by atoms with Crippen molar-refractivity contribution in [1.29, 1.82) is 0 Å². The van der Waals surface area contributed by atoms with Gasteiger partial charge in [-0.15, -0.1) is 0 Å². The molecule has 9 heteroatoms. The normalized spacial score (nSPS) is 20.7. The van der Waals surface area contributed by atoms with Gasteiger partial charge in [-0.3, -0.25) is 9.59 Å². The topological polar surface area (TPSA) is 115 Å². The summed E-state index contributed by atoms with van der Waals surface area (Å²) < 4.78 is 7.28. The molecule has 1 aliphatic rings. The molecule has 3 aromatic rings. The van der Waals surface area contributed by atoms with Gasteiger partial charge in [-0.2, -0.15) is 4.98 Å². The molecule has 9 nitrogen and oxygen atoms in total. The van der Waals surface area contributed by atoms with Crippen molar-refractivity contribution in [3.63, 3.8) is 0 Å². The number of benzene rings is 1. The van der Waals surface area contributed by atoms with Gasteiger partial charge in [0, 0.05) is 36.8 Å². The molecule has 0 unspecified atom stereocenters. The second-order valence-electron chi connectivity index (χ2n) is 8.26. The number of rotatable bonds is 6. The largest absolute Gasteiger partial charge is 0.354 e. The second-order valence-corrected chi connectivity index (χ2v) is 8.26. The number of nitrogens with one attached hydrogen (secondary N) is 2. The number of imidazole rings is 1. The molecule has 1 fully saturated rings. The predicted molar refractivity (Wildman–Crippen MR) is 113 cm³/mol. The average molecular weight is 422 g/mol. The molecule has 0 bridgehead atoms. The molecule has 1 aromatic carbocycles. The molecule has 31 heavy (non-hydrogen) atoms. The lowest BCUT2D eigenvalue weighted by atomic mass is 10.0. The average Bonchev–Trinajstić information content (AvgIpc) is 3.47. The molecule has 2 N–H and O–H groups in total. The third-order valence-electron chi connectivity index (χ3n) is 5.41. The number of carbonyl (C=O) groups excluding carboxylic acids is 2. The van der Waals surface area contributed by atoms with Crippen LogP contribution in [-0.4, -0.2) is 43.6 Å². The highest BCUT2D eigenvalue weighted by molar-refractivity contribution is 5.92. The minimum absolute atomic E-state index is 0.0302. The van der Waals surface area contributed by atoms with Crippen LogP contribution in [0.15, 0.2) is 47.4 Å². The zero-order valence-corrected chi connectivity index (χ0v) is 17.8. The van der Waals surface area contributed by atoms with Gasteiger partial charge in [-0.25, -0.2) is 4.98 Å². The lowest BCUT2D eigenvalue weighted by Gasteiger charge is -2.17. The van der Waals surface area contributed by atoms with Crippen LogP contribution in [0.2, 0.25) is 0 Å². The minimum atomic E-state index is -0.318. The fourth-order valence-electron chi connectivity index (χ4n) is 3.95. The summed E-state index contributed by atoms with van der Waals surface area (Å²) in [4.78, 5) is 34.1. The fourth-order valence-corrected chi connectivity index (χ4v) is 3.95. The van der Waals surface area contributed by atoms with Crippen LogP contribution < -0.4 is 10.6 Å². The number of aryl methyl sites for hydroxylation is 1. The van der Waals surface area contributed by atoms with Gasteiger partial charge in [0.25, 0.3) is 5.91 Å². The Labute approximate surface area is 180 Å². The standard InChI is InChI=1S/C22H26N6O3/c1-13(2)24-20(29)15-9-16(17(10-15)25-21(30)18-11-28(3)12-23-18)22-26-19(27-31-22)14-7-5-4-6-8-14/h4-8,11-13,15-17H,9-10H2,1-3H3,(H,24,29)(H,25,30)/t15-,16-,17+/m1/s1. The van der Waals surface area contributed by atoms with Gasteiger partial charge in [0.15, 0.2) is 0 Å². The van der Waals surface area contributed by atoms with Gasteiger partial charge < -0.3 is 19.7 Å². The van der Waals surface area contributed by atoms with Crippen molar-refractivity contribution in [2.24, 2.45) is 13.0 Å². The Morgan fingerprint density at radius 1 is 1.19 bits per heavy atom. The Morgan fingerprint density at radius 3 is 2.65 bits per heavy atom. The Kier molecular flexibility index (Phi) is 5.83. The molecule has 2 amide bonds. The van der Waals surface area contributed by atoms with Crippen LogP contribution in [0.25, 0.3) is 11.4 Å².